The van der Waals surface area contributed by atoms with E-state index in [9.17, 15) is 0 Å². The number of nitrogens with one attached hydrogen (secondary N) is 1. The number of H-pyrrole nitrogens is 1. The van der Waals surface area contributed by atoms with Gasteiger partial charge in [-0.25, -0.2) is 4.98 Å². The monoisotopic (exact) mass is 266 g/mol. The lowest BCUT2D eigenvalue weighted by molar-refractivity contribution is 0.297. The van der Waals surface area contributed by atoms with Crippen LogP contribution in [0.15, 0.2) is 24.4 Å². The smallest absolute Gasteiger partial charge is 0.137 e. The molecule has 0 fully saturated rings. The van der Waals surface area contributed by atoms with Crippen LogP contribution in [-0.2, 0) is 6.42 Å². The molecule has 0 radical (unpaired) electrons. The summed E-state index contributed by atoms with van der Waals surface area (Å²) in [4.78, 5) is 7.32. The van der Waals surface area contributed by atoms with Crippen LogP contribution in [0.1, 0.15) is 12.7 Å². The second-order valence-corrected chi connectivity index (χ2v) is 4.20. The Labute approximate surface area is 111 Å². The summed E-state index contributed by atoms with van der Waals surface area (Å²) in [5.41, 5.74) is 1.82. The number of hydrogen-bond acceptors (Lipinski definition) is 3. The Morgan fingerprint density at radius 2 is 2.28 bits per heavy atom. The average molecular weight is 267 g/mol. The Balaban J connectivity index is 2.24. The summed E-state index contributed by atoms with van der Waals surface area (Å²) < 4.78 is 5.38. The minimum Gasteiger partial charge on any atom is -0.492 e. The summed E-state index contributed by atoms with van der Waals surface area (Å²) in [5, 5.41) is 9.42. The lowest BCUT2D eigenvalue weighted by atomic mass is 10.1. The molecule has 0 aliphatic carbocycles. The number of ether oxygens (including phenoxy) is 1. The molecule has 1 aromatic heterocycles. The molecule has 1 aromatic carbocycles. The molecule has 0 saturated heterocycles. The maximum Gasteiger partial charge on any atom is 0.137 e. The molecule has 0 aliphatic heterocycles. The Bertz CT molecular complexity index is 525. The maximum atomic E-state index is 8.84. The van der Waals surface area contributed by atoms with Crippen molar-refractivity contribution in [2.45, 2.75) is 13.3 Å². The van der Waals surface area contributed by atoms with Crippen LogP contribution in [0.2, 0.25) is 5.02 Å². The van der Waals surface area contributed by atoms with Crippen molar-refractivity contribution in [2.75, 3.05) is 13.2 Å². The van der Waals surface area contributed by atoms with Gasteiger partial charge in [-0.2, -0.15) is 0 Å². The quantitative estimate of drug-likeness (QED) is 0.875. The molecule has 4 nitrogen and oxygen atoms in total. The van der Waals surface area contributed by atoms with Crippen LogP contribution >= 0.6 is 11.6 Å². The predicted molar refractivity (Wildman–Crippen MR) is 71.0 cm³/mol. The molecule has 5 heteroatoms. The number of imidazole rings is 1. The highest BCUT2D eigenvalue weighted by atomic mass is 35.5. The van der Waals surface area contributed by atoms with Gasteiger partial charge >= 0.3 is 0 Å². The number of aliphatic hydroxyl groups excluding tert-OH is 1. The van der Waals surface area contributed by atoms with Crippen molar-refractivity contribution in [3.63, 3.8) is 0 Å². The summed E-state index contributed by atoms with van der Waals surface area (Å²) in [6, 6.07) is 5.60. The fourth-order valence-electron chi connectivity index (χ4n) is 1.68. The summed E-state index contributed by atoms with van der Waals surface area (Å²) >= 11 is 6.13. The first-order valence-electron chi connectivity index (χ1n) is 5.82. The summed E-state index contributed by atoms with van der Waals surface area (Å²) in [6.07, 6.45) is 2.25. The van der Waals surface area contributed by atoms with Gasteiger partial charge in [0.25, 0.3) is 0 Å². The molecule has 0 aliphatic rings. The number of nitrogens with zero attached hydrogens (tertiary/aromatic N) is 1. The van der Waals surface area contributed by atoms with Crippen molar-refractivity contribution in [2.24, 2.45) is 0 Å². The fourth-order valence-corrected chi connectivity index (χ4v) is 1.92. The molecule has 0 unspecified atom stereocenters. The normalized spacial score (nSPS) is 10.6. The Hall–Kier alpha value is -1.52. The molecule has 0 saturated carbocycles. The predicted octanol–water partition coefficient (Wildman–Crippen LogP) is 2.66. The molecular weight excluding hydrogens is 252 g/mol. The zero-order valence-electron chi connectivity index (χ0n) is 10.1. The van der Waals surface area contributed by atoms with Crippen LogP contribution in [0, 0.1) is 0 Å². The van der Waals surface area contributed by atoms with Gasteiger partial charge in [0.15, 0.2) is 0 Å². The molecule has 2 rings (SSSR count). The SMILES string of the molecule is CCOc1ccc(-c2cnc(CCO)[nH]2)cc1Cl. The van der Waals surface area contributed by atoms with E-state index < -0.39 is 0 Å². The Morgan fingerprint density at radius 1 is 1.44 bits per heavy atom. The first-order valence-corrected chi connectivity index (χ1v) is 6.20. The fraction of sp³-hybridized carbons (Fsp3) is 0.308. The van der Waals surface area contributed by atoms with Crippen molar-refractivity contribution in [3.8, 4) is 17.0 Å². The van der Waals surface area contributed by atoms with Crippen LogP contribution in [0.5, 0.6) is 5.75 Å². The van der Waals surface area contributed by atoms with E-state index in [-0.39, 0.29) is 6.61 Å². The summed E-state index contributed by atoms with van der Waals surface area (Å²) in [6.45, 7) is 2.58. The number of aliphatic hydroxyl groups is 1. The van der Waals surface area contributed by atoms with Crippen LogP contribution in [0.3, 0.4) is 0 Å². The van der Waals surface area contributed by atoms with E-state index in [0.717, 1.165) is 17.1 Å². The van der Waals surface area contributed by atoms with Gasteiger partial charge in [0.1, 0.15) is 11.6 Å². The highest BCUT2D eigenvalue weighted by Gasteiger charge is 2.07. The van der Waals surface area contributed by atoms with Crippen molar-refractivity contribution in [1.29, 1.82) is 0 Å². The first kappa shape index (κ1) is 12.9. The number of benzene rings is 1. The van der Waals surface area contributed by atoms with Crippen molar-refractivity contribution in [3.05, 3.63) is 35.2 Å². The molecule has 0 bridgehead atoms. The second kappa shape index (κ2) is 5.89. The first-order chi connectivity index (χ1) is 8.74. The number of rotatable bonds is 5. The topological polar surface area (TPSA) is 58.1 Å². The van der Waals surface area contributed by atoms with Gasteiger partial charge < -0.3 is 14.8 Å². The van der Waals surface area contributed by atoms with E-state index in [4.69, 9.17) is 21.4 Å². The minimum atomic E-state index is 0.0803. The van der Waals surface area contributed by atoms with Crippen LogP contribution in [0.25, 0.3) is 11.3 Å². The van der Waals surface area contributed by atoms with E-state index in [0.29, 0.717) is 23.8 Å². The van der Waals surface area contributed by atoms with Gasteiger partial charge in [0.2, 0.25) is 0 Å². The molecule has 2 aromatic rings. The van der Waals surface area contributed by atoms with Gasteiger partial charge in [-0.1, -0.05) is 11.6 Å². The molecule has 1 heterocycles. The third kappa shape index (κ3) is 2.83. The van der Waals surface area contributed by atoms with E-state index in [2.05, 4.69) is 9.97 Å². The van der Waals surface area contributed by atoms with Crippen molar-refractivity contribution in [1.82, 2.24) is 9.97 Å². The van der Waals surface area contributed by atoms with Crippen LogP contribution in [-0.4, -0.2) is 28.3 Å². The van der Waals surface area contributed by atoms with Crippen LogP contribution in [0.4, 0.5) is 0 Å². The molecule has 0 atom stereocenters. The summed E-state index contributed by atoms with van der Waals surface area (Å²) in [5.74, 6) is 1.44. The van der Waals surface area contributed by atoms with Crippen LogP contribution < -0.4 is 4.74 Å². The number of halogens is 1. The molecule has 0 amide bonds. The third-order valence-electron chi connectivity index (χ3n) is 2.52. The largest absolute Gasteiger partial charge is 0.492 e. The van der Waals surface area contributed by atoms with E-state index in [1.807, 2.05) is 25.1 Å². The molecule has 96 valence electrons. The van der Waals surface area contributed by atoms with Crippen molar-refractivity contribution < 1.29 is 9.84 Å². The van der Waals surface area contributed by atoms with E-state index >= 15 is 0 Å². The molecule has 2 N–H and O–H groups in total. The molecule has 0 spiro atoms. The minimum absolute atomic E-state index is 0.0803. The number of hydrogen-bond donors (Lipinski definition) is 2. The average Bonchev–Trinajstić information content (AvgIpc) is 2.81. The lowest BCUT2D eigenvalue weighted by Crippen LogP contribution is -1.93. The zero-order valence-corrected chi connectivity index (χ0v) is 10.9. The Morgan fingerprint density at radius 3 is 2.94 bits per heavy atom. The zero-order chi connectivity index (χ0) is 13.0. The van der Waals surface area contributed by atoms with E-state index in [1.165, 1.54) is 0 Å². The molecular formula is C13H15ClN2O2. The highest BCUT2D eigenvalue weighted by Crippen LogP contribution is 2.29. The molecule has 18 heavy (non-hydrogen) atoms. The maximum absolute atomic E-state index is 8.84. The van der Waals surface area contributed by atoms with Gasteiger partial charge in [0.05, 0.1) is 30.1 Å². The second-order valence-electron chi connectivity index (χ2n) is 3.80. The number of aromatic amines is 1. The summed E-state index contributed by atoms with van der Waals surface area (Å²) in [7, 11) is 0. The lowest BCUT2D eigenvalue weighted by Gasteiger charge is -2.06. The highest BCUT2D eigenvalue weighted by molar-refractivity contribution is 6.32. The van der Waals surface area contributed by atoms with Gasteiger partial charge in [0, 0.05) is 12.0 Å². The standard InChI is InChI=1S/C13H15ClN2O2/c1-2-18-12-4-3-9(7-10(12)14)11-8-15-13(16-11)5-6-17/h3-4,7-8,17H,2,5-6H2,1H3,(H,15,16). The third-order valence-corrected chi connectivity index (χ3v) is 2.82. The van der Waals surface area contributed by atoms with Gasteiger partial charge in [-0.05, 0) is 25.1 Å². The van der Waals surface area contributed by atoms with Crippen molar-refractivity contribution >= 4 is 11.6 Å². The Kier molecular flexibility index (Phi) is 4.23. The van der Waals surface area contributed by atoms with Gasteiger partial charge in [-0.3, -0.25) is 0 Å². The van der Waals surface area contributed by atoms with Gasteiger partial charge in [-0.15, -0.1) is 0 Å². The number of aromatic nitrogens is 2. The van der Waals surface area contributed by atoms with E-state index in [1.54, 1.807) is 6.20 Å².